The third kappa shape index (κ3) is 2.70. The minimum atomic E-state index is -0.143. The van der Waals surface area contributed by atoms with Crippen LogP contribution in [0, 0.1) is 5.92 Å². The van der Waals surface area contributed by atoms with Crippen molar-refractivity contribution in [2.75, 3.05) is 6.54 Å². The number of aliphatic hydroxyl groups is 1. The maximum Gasteiger partial charge on any atom is 0.251 e. The number of hydrogen-bond donors (Lipinski definition) is 3. The predicted octanol–water partition coefficient (Wildman–Crippen LogP) is 2.45. The summed E-state index contributed by atoms with van der Waals surface area (Å²) in [5.41, 5.74) is 1.71. The summed E-state index contributed by atoms with van der Waals surface area (Å²) in [6.07, 6.45) is 5.41. The molecule has 0 saturated heterocycles. The van der Waals surface area contributed by atoms with Gasteiger partial charge in [-0.1, -0.05) is 6.07 Å². The molecule has 1 amide bonds. The first kappa shape index (κ1) is 13.2. The number of fused-ring (bicyclic) bond motifs is 1. The third-order valence-electron chi connectivity index (χ3n) is 4.21. The van der Waals surface area contributed by atoms with Crippen LogP contribution >= 0.6 is 0 Å². The van der Waals surface area contributed by atoms with Gasteiger partial charge in [-0.25, -0.2) is 0 Å². The van der Waals surface area contributed by atoms with Crippen LogP contribution in [0.5, 0.6) is 0 Å². The lowest BCUT2D eigenvalue weighted by Crippen LogP contribution is -2.32. The molecule has 20 heavy (non-hydrogen) atoms. The largest absolute Gasteiger partial charge is 0.393 e. The maximum atomic E-state index is 12.3. The summed E-state index contributed by atoms with van der Waals surface area (Å²) in [6, 6.07) is 7.65. The Labute approximate surface area is 118 Å². The number of rotatable bonds is 3. The van der Waals surface area contributed by atoms with E-state index in [9.17, 15) is 9.90 Å². The van der Waals surface area contributed by atoms with Crippen molar-refractivity contribution in [3.05, 3.63) is 36.0 Å². The van der Waals surface area contributed by atoms with Crippen LogP contribution in [0.3, 0.4) is 0 Å². The standard InChI is InChI=1S/C16H20N2O2/c19-12-6-4-11(5-7-12)10-18-16(20)14-2-1-3-15-13(14)8-9-17-15/h1-3,8-9,11-12,17,19H,4-7,10H2,(H,18,20). The second-order valence-electron chi connectivity index (χ2n) is 5.63. The number of hydrogen-bond acceptors (Lipinski definition) is 2. The van der Waals surface area contributed by atoms with E-state index in [0.29, 0.717) is 12.5 Å². The number of carbonyl (C=O) groups excluding carboxylic acids is 1. The van der Waals surface area contributed by atoms with Gasteiger partial charge in [0.2, 0.25) is 0 Å². The lowest BCUT2D eigenvalue weighted by atomic mass is 9.87. The number of aliphatic hydroxyl groups excluding tert-OH is 1. The molecule has 1 aromatic heterocycles. The fourth-order valence-corrected chi connectivity index (χ4v) is 2.96. The van der Waals surface area contributed by atoms with Gasteiger partial charge in [0, 0.05) is 29.2 Å². The Balaban J connectivity index is 1.63. The van der Waals surface area contributed by atoms with Gasteiger partial charge in [0.15, 0.2) is 0 Å². The van der Waals surface area contributed by atoms with Crippen molar-refractivity contribution in [2.24, 2.45) is 5.92 Å². The van der Waals surface area contributed by atoms with Crippen LogP contribution in [0.25, 0.3) is 10.9 Å². The normalized spacial score (nSPS) is 22.9. The van der Waals surface area contributed by atoms with Crippen molar-refractivity contribution in [1.82, 2.24) is 10.3 Å². The Bertz CT molecular complexity index is 597. The van der Waals surface area contributed by atoms with Gasteiger partial charge in [0.05, 0.1) is 6.10 Å². The second kappa shape index (κ2) is 5.67. The summed E-state index contributed by atoms with van der Waals surface area (Å²) in [4.78, 5) is 15.4. The number of aromatic amines is 1. The molecule has 0 atom stereocenters. The van der Waals surface area contributed by atoms with Gasteiger partial charge in [-0.3, -0.25) is 4.79 Å². The van der Waals surface area contributed by atoms with Gasteiger partial charge >= 0.3 is 0 Å². The van der Waals surface area contributed by atoms with Gasteiger partial charge in [-0.15, -0.1) is 0 Å². The zero-order chi connectivity index (χ0) is 13.9. The highest BCUT2D eigenvalue weighted by Crippen LogP contribution is 2.24. The average Bonchev–Trinajstić information content (AvgIpc) is 2.94. The third-order valence-corrected chi connectivity index (χ3v) is 4.21. The Morgan fingerprint density at radius 2 is 2.05 bits per heavy atom. The molecule has 1 aromatic carbocycles. The number of benzene rings is 1. The highest BCUT2D eigenvalue weighted by molar-refractivity contribution is 6.06. The van der Waals surface area contributed by atoms with E-state index in [0.717, 1.165) is 42.1 Å². The molecule has 3 rings (SSSR count). The summed E-state index contributed by atoms with van der Waals surface area (Å²) < 4.78 is 0. The van der Waals surface area contributed by atoms with Crippen molar-refractivity contribution < 1.29 is 9.90 Å². The number of aromatic nitrogens is 1. The van der Waals surface area contributed by atoms with Gasteiger partial charge in [0.1, 0.15) is 0 Å². The van der Waals surface area contributed by atoms with Gasteiger partial charge in [-0.2, -0.15) is 0 Å². The van der Waals surface area contributed by atoms with E-state index in [4.69, 9.17) is 0 Å². The van der Waals surface area contributed by atoms with E-state index in [1.165, 1.54) is 0 Å². The molecule has 4 nitrogen and oxygen atoms in total. The molecule has 1 aliphatic rings. The molecular weight excluding hydrogens is 252 g/mol. The zero-order valence-corrected chi connectivity index (χ0v) is 11.4. The van der Waals surface area contributed by atoms with Crippen molar-refractivity contribution >= 4 is 16.8 Å². The molecule has 0 unspecified atom stereocenters. The fraction of sp³-hybridized carbons (Fsp3) is 0.438. The number of H-pyrrole nitrogens is 1. The number of nitrogens with one attached hydrogen (secondary N) is 2. The predicted molar refractivity (Wildman–Crippen MR) is 78.6 cm³/mol. The molecule has 1 aliphatic carbocycles. The SMILES string of the molecule is O=C(NCC1CCC(O)CC1)c1cccc2[nH]ccc12. The summed E-state index contributed by atoms with van der Waals surface area (Å²) in [5, 5.41) is 13.5. The first-order valence-corrected chi connectivity index (χ1v) is 7.26. The van der Waals surface area contributed by atoms with Gasteiger partial charge in [-0.05, 0) is 49.8 Å². The molecule has 106 valence electrons. The van der Waals surface area contributed by atoms with E-state index < -0.39 is 0 Å². The molecule has 3 N–H and O–H groups in total. The number of carbonyl (C=O) groups is 1. The molecule has 0 bridgehead atoms. The van der Waals surface area contributed by atoms with Crippen LogP contribution in [0.15, 0.2) is 30.5 Å². The summed E-state index contributed by atoms with van der Waals surface area (Å²) in [5.74, 6) is 0.481. The topological polar surface area (TPSA) is 65.1 Å². The van der Waals surface area contributed by atoms with E-state index in [-0.39, 0.29) is 12.0 Å². The lowest BCUT2D eigenvalue weighted by molar-refractivity contribution is 0.0911. The van der Waals surface area contributed by atoms with Crippen molar-refractivity contribution in [2.45, 2.75) is 31.8 Å². The molecule has 0 spiro atoms. The lowest BCUT2D eigenvalue weighted by Gasteiger charge is -2.25. The molecule has 1 saturated carbocycles. The highest BCUT2D eigenvalue weighted by Gasteiger charge is 2.20. The van der Waals surface area contributed by atoms with Crippen LogP contribution in [0.4, 0.5) is 0 Å². The second-order valence-corrected chi connectivity index (χ2v) is 5.63. The van der Waals surface area contributed by atoms with E-state index in [1.807, 2.05) is 30.5 Å². The van der Waals surface area contributed by atoms with Crippen LogP contribution in [0.1, 0.15) is 36.0 Å². The quantitative estimate of drug-likeness (QED) is 0.803. The van der Waals surface area contributed by atoms with E-state index in [2.05, 4.69) is 10.3 Å². The number of amides is 1. The van der Waals surface area contributed by atoms with E-state index in [1.54, 1.807) is 0 Å². The van der Waals surface area contributed by atoms with Crippen molar-refractivity contribution in [3.63, 3.8) is 0 Å². The monoisotopic (exact) mass is 272 g/mol. The Morgan fingerprint density at radius 1 is 1.25 bits per heavy atom. The van der Waals surface area contributed by atoms with Crippen molar-refractivity contribution in [3.8, 4) is 0 Å². The molecule has 0 aliphatic heterocycles. The molecular formula is C16H20N2O2. The molecule has 1 fully saturated rings. The highest BCUT2D eigenvalue weighted by atomic mass is 16.3. The molecule has 4 heteroatoms. The zero-order valence-electron chi connectivity index (χ0n) is 11.4. The van der Waals surface area contributed by atoms with Crippen LogP contribution in [-0.2, 0) is 0 Å². The van der Waals surface area contributed by atoms with Crippen LogP contribution in [-0.4, -0.2) is 28.6 Å². The average molecular weight is 272 g/mol. The fourth-order valence-electron chi connectivity index (χ4n) is 2.96. The van der Waals surface area contributed by atoms with E-state index >= 15 is 0 Å². The minimum absolute atomic E-state index is 0.0127. The van der Waals surface area contributed by atoms with Gasteiger partial charge in [0.25, 0.3) is 5.91 Å². The van der Waals surface area contributed by atoms with Crippen LogP contribution < -0.4 is 5.32 Å². The maximum absolute atomic E-state index is 12.3. The Kier molecular flexibility index (Phi) is 3.74. The minimum Gasteiger partial charge on any atom is -0.393 e. The molecule has 1 heterocycles. The molecule has 0 radical (unpaired) electrons. The first-order valence-electron chi connectivity index (χ1n) is 7.26. The first-order chi connectivity index (χ1) is 9.74. The smallest absolute Gasteiger partial charge is 0.251 e. The summed E-state index contributed by atoms with van der Waals surface area (Å²) >= 11 is 0. The Morgan fingerprint density at radius 3 is 2.85 bits per heavy atom. The Hall–Kier alpha value is -1.81. The summed E-state index contributed by atoms with van der Waals surface area (Å²) in [6.45, 7) is 0.701. The van der Waals surface area contributed by atoms with Gasteiger partial charge < -0.3 is 15.4 Å². The molecule has 2 aromatic rings. The summed E-state index contributed by atoms with van der Waals surface area (Å²) in [7, 11) is 0. The van der Waals surface area contributed by atoms with Crippen molar-refractivity contribution in [1.29, 1.82) is 0 Å². The van der Waals surface area contributed by atoms with Crippen LogP contribution in [0.2, 0.25) is 0 Å².